The fourth-order valence-electron chi connectivity index (χ4n) is 2.58. The molecule has 0 fully saturated rings. The van der Waals surface area contributed by atoms with E-state index in [-0.39, 0.29) is 11.7 Å². The largest absolute Gasteiger partial charge is 0.309 e. The summed E-state index contributed by atoms with van der Waals surface area (Å²) < 4.78 is 0. The van der Waals surface area contributed by atoms with Crippen LogP contribution in [0.3, 0.4) is 0 Å². The average molecular weight is 229 g/mol. The first-order valence-electron chi connectivity index (χ1n) is 6.08. The number of carbonyl (C=O) groups is 1. The van der Waals surface area contributed by atoms with Crippen LogP contribution in [-0.2, 0) is 4.79 Å². The van der Waals surface area contributed by atoms with Gasteiger partial charge < -0.3 is 4.90 Å². The molecule has 0 saturated carbocycles. The predicted octanol–water partition coefficient (Wildman–Crippen LogP) is 2.48. The Bertz CT molecular complexity index is 408. The van der Waals surface area contributed by atoms with E-state index in [2.05, 4.69) is 31.1 Å². The van der Waals surface area contributed by atoms with Crippen LogP contribution in [0.4, 0.5) is 0 Å². The van der Waals surface area contributed by atoms with Crippen molar-refractivity contribution in [2.75, 3.05) is 20.6 Å². The SMILES string of the molecule is CN(C)CC1CC=CC(=O)C1c1ccccc1. The second-order valence-corrected chi connectivity index (χ2v) is 4.95. The third-order valence-electron chi connectivity index (χ3n) is 3.26. The number of nitrogens with zero attached hydrogens (tertiary/aromatic N) is 1. The van der Waals surface area contributed by atoms with Crippen molar-refractivity contribution in [2.24, 2.45) is 5.92 Å². The molecule has 2 atom stereocenters. The highest BCUT2D eigenvalue weighted by atomic mass is 16.1. The number of rotatable bonds is 3. The molecule has 0 bridgehead atoms. The fraction of sp³-hybridized carbons (Fsp3) is 0.400. The van der Waals surface area contributed by atoms with Gasteiger partial charge in [0.05, 0.1) is 5.92 Å². The van der Waals surface area contributed by atoms with E-state index < -0.39 is 0 Å². The zero-order chi connectivity index (χ0) is 12.3. The highest BCUT2D eigenvalue weighted by Crippen LogP contribution is 2.32. The van der Waals surface area contributed by atoms with Crippen LogP contribution in [0.25, 0.3) is 0 Å². The van der Waals surface area contributed by atoms with Gasteiger partial charge in [0.25, 0.3) is 0 Å². The van der Waals surface area contributed by atoms with E-state index in [1.165, 1.54) is 0 Å². The lowest BCUT2D eigenvalue weighted by Crippen LogP contribution is -2.31. The maximum absolute atomic E-state index is 12.1. The van der Waals surface area contributed by atoms with E-state index in [4.69, 9.17) is 0 Å². The number of hydrogen-bond donors (Lipinski definition) is 0. The van der Waals surface area contributed by atoms with E-state index >= 15 is 0 Å². The van der Waals surface area contributed by atoms with Crippen molar-refractivity contribution >= 4 is 5.78 Å². The minimum atomic E-state index is 0.0311. The van der Waals surface area contributed by atoms with Crippen LogP contribution in [0.5, 0.6) is 0 Å². The molecule has 0 N–H and O–H groups in total. The molecular formula is C15H19NO. The summed E-state index contributed by atoms with van der Waals surface area (Å²) in [7, 11) is 4.12. The Morgan fingerprint density at radius 2 is 1.94 bits per heavy atom. The quantitative estimate of drug-likeness (QED) is 0.793. The van der Waals surface area contributed by atoms with E-state index in [0.717, 1.165) is 18.5 Å². The van der Waals surface area contributed by atoms with E-state index in [1.807, 2.05) is 24.3 Å². The molecule has 2 rings (SSSR count). The topological polar surface area (TPSA) is 20.3 Å². The molecule has 0 spiro atoms. The van der Waals surface area contributed by atoms with Crippen molar-refractivity contribution in [2.45, 2.75) is 12.3 Å². The number of benzene rings is 1. The molecular weight excluding hydrogens is 210 g/mol. The first kappa shape index (κ1) is 12.1. The van der Waals surface area contributed by atoms with Crippen LogP contribution in [0, 0.1) is 5.92 Å². The first-order valence-corrected chi connectivity index (χ1v) is 6.08. The molecule has 2 unspecified atom stereocenters. The predicted molar refractivity (Wildman–Crippen MR) is 70.0 cm³/mol. The summed E-state index contributed by atoms with van der Waals surface area (Å²) in [6.07, 6.45) is 4.74. The van der Waals surface area contributed by atoms with Crippen LogP contribution in [0.2, 0.25) is 0 Å². The third kappa shape index (κ3) is 2.83. The summed E-state index contributed by atoms with van der Waals surface area (Å²) in [5, 5.41) is 0. The molecule has 17 heavy (non-hydrogen) atoms. The maximum Gasteiger partial charge on any atom is 0.163 e. The van der Waals surface area contributed by atoms with Crippen molar-refractivity contribution in [3.05, 3.63) is 48.0 Å². The van der Waals surface area contributed by atoms with Gasteiger partial charge in [-0.15, -0.1) is 0 Å². The van der Waals surface area contributed by atoms with Gasteiger partial charge in [0, 0.05) is 6.54 Å². The number of carbonyl (C=O) groups excluding carboxylic acids is 1. The van der Waals surface area contributed by atoms with E-state index in [0.29, 0.717) is 5.92 Å². The molecule has 2 heteroatoms. The van der Waals surface area contributed by atoms with Crippen LogP contribution in [0.1, 0.15) is 17.9 Å². The molecule has 0 radical (unpaired) electrons. The van der Waals surface area contributed by atoms with E-state index in [9.17, 15) is 4.79 Å². The number of allylic oxidation sites excluding steroid dienone is 2. The lowest BCUT2D eigenvalue weighted by atomic mass is 9.77. The summed E-state index contributed by atoms with van der Waals surface area (Å²) in [6.45, 7) is 0.954. The summed E-state index contributed by atoms with van der Waals surface area (Å²) in [5.74, 6) is 0.669. The van der Waals surface area contributed by atoms with Gasteiger partial charge in [-0.2, -0.15) is 0 Å². The van der Waals surface area contributed by atoms with Crippen molar-refractivity contribution in [1.82, 2.24) is 4.90 Å². The second kappa shape index (κ2) is 5.28. The summed E-state index contributed by atoms with van der Waals surface area (Å²) in [4.78, 5) is 14.2. The van der Waals surface area contributed by atoms with E-state index in [1.54, 1.807) is 6.08 Å². The Balaban J connectivity index is 2.26. The Kier molecular flexibility index (Phi) is 3.75. The van der Waals surface area contributed by atoms with Gasteiger partial charge >= 0.3 is 0 Å². The lowest BCUT2D eigenvalue weighted by Gasteiger charge is -2.29. The van der Waals surface area contributed by atoms with Crippen LogP contribution in [0.15, 0.2) is 42.5 Å². The molecule has 0 aromatic heterocycles. The smallest absolute Gasteiger partial charge is 0.163 e. The summed E-state index contributed by atoms with van der Waals surface area (Å²) >= 11 is 0. The van der Waals surface area contributed by atoms with Gasteiger partial charge in [-0.3, -0.25) is 4.79 Å². The fourth-order valence-corrected chi connectivity index (χ4v) is 2.58. The third-order valence-corrected chi connectivity index (χ3v) is 3.26. The zero-order valence-corrected chi connectivity index (χ0v) is 10.5. The zero-order valence-electron chi connectivity index (χ0n) is 10.5. The summed E-state index contributed by atoms with van der Waals surface area (Å²) in [5.41, 5.74) is 1.15. The molecule has 0 amide bonds. The van der Waals surface area contributed by atoms with Crippen LogP contribution < -0.4 is 0 Å². The van der Waals surface area contributed by atoms with Crippen molar-refractivity contribution in [1.29, 1.82) is 0 Å². The molecule has 0 aliphatic heterocycles. The summed E-state index contributed by atoms with van der Waals surface area (Å²) in [6, 6.07) is 10.1. The molecule has 1 aliphatic carbocycles. The highest BCUT2D eigenvalue weighted by Gasteiger charge is 2.30. The van der Waals surface area contributed by atoms with Crippen LogP contribution >= 0.6 is 0 Å². The van der Waals surface area contributed by atoms with Crippen molar-refractivity contribution in [3.63, 3.8) is 0 Å². The van der Waals surface area contributed by atoms with Gasteiger partial charge in [0.2, 0.25) is 0 Å². The normalized spacial score (nSPS) is 24.3. The Morgan fingerprint density at radius 1 is 1.24 bits per heavy atom. The molecule has 0 saturated heterocycles. The minimum Gasteiger partial charge on any atom is -0.309 e. The van der Waals surface area contributed by atoms with Gasteiger partial charge in [0.15, 0.2) is 5.78 Å². The monoisotopic (exact) mass is 229 g/mol. The molecule has 2 nitrogen and oxygen atoms in total. The Morgan fingerprint density at radius 3 is 2.59 bits per heavy atom. The Labute approximate surface area is 103 Å². The maximum atomic E-state index is 12.1. The molecule has 90 valence electrons. The number of hydrogen-bond acceptors (Lipinski definition) is 2. The van der Waals surface area contributed by atoms with Gasteiger partial charge in [-0.1, -0.05) is 36.4 Å². The first-order chi connectivity index (χ1) is 8.18. The number of ketones is 1. The van der Waals surface area contributed by atoms with Gasteiger partial charge in [-0.25, -0.2) is 0 Å². The average Bonchev–Trinajstić information content (AvgIpc) is 2.29. The van der Waals surface area contributed by atoms with Gasteiger partial charge in [0.1, 0.15) is 0 Å². The van der Waals surface area contributed by atoms with Gasteiger partial charge in [-0.05, 0) is 38.1 Å². The van der Waals surface area contributed by atoms with Crippen molar-refractivity contribution < 1.29 is 4.79 Å². The lowest BCUT2D eigenvalue weighted by molar-refractivity contribution is -0.117. The molecule has 1 aliphatic rings. The molecule has 1 aromatic carbocycles. The Hall–Kier alpha value is -1.41. The van der Waals surface area contributed by atoms with Crippen molar-refractivity contribution in [3.8, 4) is 0 Å². The second-order valence-electron chi connectivity index (χ2n) is 4.95. The standard InChI is InChI=1S/C15H19NO/c1-16(2)11-13-9-6-10-14(17)15(13)12-7-4-3-5-8-12/h3-8,10,13,15H,9,11H2,1-2H3. The molecule has 1 aromatic rings. The highest BCUT2D eigenvalue weighted by molar-refractivity contribution is 5.96. The minimum absolute atomic E-state index is 0.0311. The van der Waals surface area contributed by atoms with Crippen LogP contribution in [-0.4, -0.2) is 31.3 Å². The molecule has 0 heterocycles.